The van der Waals surface area contributed by atoms with E-state index in [1.165, 1.54) is 25.0 Å². The van der Waals surface area contributed by atoms with Gasteiger partial charge in [0.05, 0.1) is 29.4 Å². The van der Waals surface area contributed by atoms with Gasteiger partial charge < -0.3 is 25.0 Å². The Hall–Kier alpha value is -1.83. The van der Waals surface area contributed by atoms with Crippen LogP contribution in [-0.4, -0.2) is 74.2 Å². The molecular formula is C23H34ClN3O4. The normalized spacial score (nSPS) is 26.5. The van der Waals surface area contributed by atoms with Crippen LogP contribution in [-0.2, 0) is 4.74 Å². The zero-order valence-electron chi connectivity index (χ0n) is 18.4. The largest absolute Gasteiger partial charge is 0.492 e. The van der Waals surface area contributed by atoms with Gasteiger partial charge in [0.25, 0.3) is 0 Å². The molecule has 1 saturated heterocycles. The topological polar surface area (TPSA) is 85.1 Å². The molecule has 2 heterocycles. The maximum atomic E-state index is 12.6. The molecule has 1 amide bonds. The molecular weight excluding hydrogens is 418 g/mol. The molecule has 8 heteroatoms. The van der Waals surface area contributed by atoms with Crippen LogP contribution in [0.15, 0.2) is 12.1 Å². The van der Waals surface area contributed by atoms with E-state index in [9.17, 15) is 9.59 Å². The van der Waals surface area contributed by atoms with Gasteiger partial charge in [-0.1, -0.05) is 18.5 Å². The Balaban J connectivity index is 1.74. The summed E-state index contributed by atoms with van der Waals surface area (Å²) in [5.74, 6) is -0.311. The Labute approximate surface area is 189 Å². The van der Waals surface area contributed by atoms with Crippen molar-refractivity contribution < 1.29 is 19.1 Å². The zero-order chi connectivity index (χ0) is 22.2. The summed E-state index contributed by atoms with van der Waals surface area (Å²) in [5, 5.41) is 0.136. The lowest BCUT2D eigenvalue weighted by Crippen LogP contribution is -2.32. The van der Waals surface area contributed by atoms with E-state index in [2.05, 4.69) is 16.7 Å². The number of ether oxygens (including phenoxy) is 2. The lowest BCUT2D eigenvalue weighted by Gasteiger charge is -2.23. The molecule has 0 aliphatic carbocycles. The smallest absolute Gasteiger partial charge is 0.338 e. The van der Waals surface area contributed by atoms with Gasteiger partial charge in [0.2, 0.25) is 5.91 Å². The number of nitrogens with two attached hydrogens (primary N) is 1. The number of esters is 1. The summed E-state index contributed by atoms with van der Waals surface area (Å²) < 4.78 is 11.3. The SMILES string of the molecule is CC1CCCOc2cc(cc(C(N)=O)c2Cl)C(=O)OCCCN2CCCN(CC1)CC2. The minimum atomic E-state index is -0.703. The zero-order valence-corrected chi connectivity index (χ0v) is 19.2. The third kappa shape index (κ3) is 7.09. The third-order valence-corrected chi connectivity index (χ3v) is 6.50. The van der Waals surface area contributed by atoms with E-state index < -0.39 is 11.9 Å². The Bertz CT molecular complexity index is 773. The first-order valence-electron chi connectivity index (χ1n) is 11.3. The van der Waals surface area contributed by atoms with Crippen molar-refractivity contribution in [1.29, 1.82) is 0 Å². The maximum absolute atomic E-state index is 12.6. The Morgan fingerprint density at radius 3 is 2.39 bits per heavy atom. The molecule has 1 aromatic carbocycles. The number of fused-ring (bicyclic) bond motifs is 5. The summed E-state index contributed by atoms with van der Waals surface area (Å²) in [5.41, 5.74) is 5.74. The van der Waals surface area contributed by atoms with Crippen molar-refractivity contribution in [3.8, 4) is 5.75 Å². The molecule has 2 aliphatic rings. The van der Waals surface area contributed by atoms with Gasteiger partial charge in [-0.3, -0.25) is 4.79 Å². The molecule has 1 aromatic rings. The number of halogens is 1. The summed E-state index contributed by atoms with van der Waals surface area (Å²) >= 11 is 6.31. The number of carbonyl (C=O) groups is 2. The van der Waals surface area contributed by atoms with Gasteiger partial charge in [-0.2, -0.15) is 0 Å². The minimum Gasteiger partial charge on any atom is -0.492 e. The summed E-state index contributed by atoms with van der Waals surface area (Å²) in [6, 6.07) is 2.92. The van der Waals surface area contributed by atoms with Crippen molar-refractivity contribution in [3.63, 3.8) is 0 Å². The van der Waals surface area contributed by atoms with E-state index in [-0.39, 0.29) is 16.1 Å². The van der Waals surface area contributed by atoms with Crippen LogP contribution >= 0.6 is 11.6 Å². The molecule has 3 atom stereocenters. The highest BCUT2D eigenvalue weighted by molar-refractivity contribution is 6.35. The molecule has 2 N–H and O–H groups in total. The number of carbonyl (C=O) groups excluding carboxylic acids is 2. The monoisotopic (exact) mass is 451 g/mol. The van der Waals surface area contributed by atoms with E-state index >= 15 is 0 Å². The third-order valence-electron chi connectivity index (χ3n) is 6.11. The summed E-state index contributed by atoms with van der Waals surface area (Å²) in [6.07, 6.45) is 5.02. The van der Waals surface area contributed by atoms with Gasteiger partial charge in [-0.25, -0.2) is 4.79 Å². The highest BCUT2D eigenvalue weighted by Gasteiger charge is 2.20. The number of hydrogen-bond donors (Lipinski definition) is 1. The van der Waals surface area contributed by atoms with Crippen molar-refractivity contribution in [2.24, 2.45) is 11.7 Å². The molecule has 0 spiro atoms. The number of primary amides is 1. The molecule has 0 radical (unpaired) electrons. The number of amides is 1. The van der Waals surface area contributed by atoms with Crippen LogP contribution < -0.4 is 10.5 Å². The van der Waals surface area contributed by atoms with Gasteiger partial charge in [0, 0.05) is 19.6 Å². The number of hydrogen-bond acceptors (Lipinski definition) is 6. The predicted molar refractivity (Wildman–Crippen MR) is 121 cm³/mol. The average molecular weight is 452 g/mol. The minimum absolute atomic E-state index is 0.0683. The molecule has 172 valence electrons. The molecule has 31 heavy (non-hydrogen) atoms. The quantitative estimate of drug-likeness (QED) is 0.660. The molecule has 3 rings (SSSR count). The lowest BCUT2D eigenvalue weighted by atomic mass is 10.0. The fourth-order valence-corrected chi connectivity index (χ4v) is 4.43. The first kappa shape index (κ1) is 23.8. The highest BCUT2D eigenvalue weighted by atomic mass is 35.5. The molecule has 0 aromatic heterocycles. The Kier molecular flexibility index (Phi) is 8.99. The fraction of sp³-hybridized carbons (Fsp3) is 0.652. The average Bonchev–Trinajstić information content (AvgIpc) is 2.98. The highest BCUT2D eigenvalue weighted by Crippen LogP contribution is 2.31. The van der Waals surface area contributed by atoms with E-state index in [0.29, 0.717) is 24.9 Å². The number of benzene rings is 1. The van der Waals surface area contributed by atoms with Crippen LogP contribution in [0, 0.1) is 5.92 Å². The van der Waals surface area contributed by atoms with Crippen LogP contribution in [0.4, 0.5) is 0 Å². The lowest BCUT2D eigenvalue weighted by molar-refractivity contribution is 0.0488. The molecule has 1 fully saturated rings. The van der Waals surface area contributed by atoms with Crippen LogP contribution in [0.25, 0.3) is 0 Å². The van der Waals surface area contributed by atoms with E-state index in [0.717, 1.165) is 58.5 Å². The molecule has 7 nitrogen and oxygen atoms in total. The standard InChI is InChI=1S/C23H34ClN3O4/c1-17-5-2-13-30-20-16-18(15-19(21(20)24)22(25)28)23(29)31-14-4-9-26-7-3-8-27(10-6-17)12-11-26/h15-17H,2-14H2,1H3,(H2,25,28). The second-order valence-corrected chi connectivity index (χ2v) is 8.99. The Morgan fingerprint density at radius 1 is 0.968 bits per heavy atom. The van der Waals surface area contributed by atoms with Crippen LogP contribution in [0.1, 0.15) is 59.7 Å². The van der Waals surface area contributed by atoms with Crippen molar-refractivity contribution in [1.82, 2.24) is 9.80 Å². The van der Waals surface area contributed by atoms with Crippen molar-refractivity contribution >= 4 is 23.5 Å². The van der Waals surface area contributed by atoms with E-state index in [1.807, 2.05) is 0 Å². The maximum Gasteiger partial charge on any atom is 0.338 e. The molecule has 0 saturated carbocycles. The van der Waals surface area contributed by atoms with Gasteiger partial charge in [-0.15, -0.1) is 0 Å². The summed E-state index contributed by atoms with van der Waals surface area (Å²) in [6.45, 7) is 9.47. The number of cyclic esters (lactones) is 1. The van der Waals surface area contributed by atoms with E-state index in [4.69, 9.17) is 26.8 Å². The first-order valence-corrected chi connectivity index (χ1v) is 11.7. The summed E-state index contributed by atoms with van der Waals surface area (Å²) in [7, 11) is 0. The predicted octanol–water partition coefficient (Wildman–Crippen LogP) is 3.19. The second-order valence-electron chi connectivity index (χ2n) is 8.61. The van der Waals surface area contributed by atoms with Gasteiger partial charge in [-0.05, 0) is 69.8 Å². The van der Waals surface area contributed by atoms with Gasteiger partial charge in [0.15, 0.2) is 0 Å². The molecule has 3 unspecified atom stereocenters. The first-order chi connectivity index (χ1) is 14.9. The van der Waals surface area contributed by atoms with Crippen LogP contribution in [0.3, 0.4) is 0 Å². The second kappa shape index (κ2) is 11.7. The van der Waals surface area contributed by atoms with Gasteiger partial charge in [0.1, 0.15) is 5.75 Å². The summed E-state index contributed by atoms with van der Waals surface area (Å²) in [4.78, 5) is 29.4. The number of nitrogens with zero attached hydrogens (tertiary/aromatic N) is 2. The van der Waals surface area contributed by atoms with Gasteiger partial charge >= 0.3 is 5.97 Å². The van der Waals surface area contributed by atoms with Crippen molar-refractivity contribution in [2.75, 3.05) is 52.5 Å². The van der Waals surface area contributed by atoms with E-state index in [1.54, 1.807) is 0 Å². The Morgan fingerprint density at radius 2 is 1.65 bits per heavy atom. The molecule has 2 aliphatic heterocycles. The fourth-order valence-electron chi connectivity index (χ4n) is 4.17. The van der Waals surface area contributed by atoms with Crippen LogP contribution in [0.5, 0.6) is 5.75 Å². The number of rotatable bonds is 1. The van der Waals surface area contributed by atoms with Crippen LogP contribution in [0.2, 0.25) is 5.02 Å². The molecule has 4 bridgehead atoms. The van der Waals surface area contributed by atoms with Crippen molar-refractivity contribution in [3.05, 3.63) is 28.3 Å². The van der Waals surface area contributed by atoms with Crippen molar-refractivity contribution in [2.45, 2.75) is 39.0 Å².